The summed E-state index contributed by atoms with van der Waals surface area (Å²) >= 11 is 0. The molecule has 1 heterocycles. The molecule has 0 fully saturated rings. The number of esters is 1. The van der Waals surface area contributed by atoms with Crippen LogP contribution in [0, 0.1) is 0 Å². The van der Waals surface area contributed by atoms with E-state index in [1.807, 2.05) is 0 Å². The number of benzene rings is 2. The number of rotatable bonds is 2. The zero-order chi connectivity index (χ0) is 17.5. The van der Waals surface area contributed by atoms with Crippen LogP contribution in [0.1, 0.15) is 16.1 Å². The van der Waals surface area contributed by atoms with Crippen molar-refractivity contribution in [1.29, 1.82) is 0 Å². The Morgan fingerprint density at radius 1 is 1.04 bits per heavy atom. The molecule has 0 aliphatic rings. The number of hydrogen-bond acceptors (Lipinski definition) is 3. The maximum absolute atomic E-state index is 12.6. The van der Waals surface area contributed by atoms with E-state index in [1.165, 1.54) is 25.3 Å². The lowest BCUT2D eigenvalue weighted by molar-refractivity contribution is -0.137. The zero-order valence-corrected chi connectivity index (χ0v) is 12.5. The summed E-state index contributed by atoms with van der Waals surface area (Å²) in [6.07, 6.45) is -4.38. The highest BCUT2D eigenvalue weighted by atomic mass is 19.4. The number of carbonyl (C=O) groups excluding carboxylic acids is 1. The molecular weight excluding hydrogens is 323 g/mol. The fraction of sp³-hybridized carbons (Fsp3) is 0.118. The largest absolute Gasteiger partial charge is 0.464 e. The van der Waals surface area contributed by atoms with Gasteiger partial charge in [0.2, 0.25) is 0 Å². The molecule has 0 spiro atoms. The molecule has 0 amide bonds. The van der Waals surface area contributed by atoms with Gasteiger partial charge < -0.3 is 9.94 Å². The molecule has 2 aromatic carbocycles. The number of carbonyl (C=O) groups is 1. The Morgan fingerprint density at radius 3 is 2.25 bits per heavy atom. The highest BCUT2D eigenvalue weighted by Gasteiger charge is 2.30. The van der Waals surface area contributed by atoms with Gasteiger partial charge in [0.1, 0.15) is 0 Å². The van der Waals surface area contributed by atoms with E-state index in [2.05, 4.69) is 4.74 Å². The second-order valence-electron chi connectivity index (χ2n) is 5.18. The molecule has 0 aliphatic heterocycles. The highest BCUT2D eigenvalue weighted by Crippen LogP contribution is 2.32. The van der Waals surface area contributed by atoms with Crippen molar-refractivity contribution in [2.45, 2.75) is 6.18 Å². The smallest absolute Gasteiger partial charge is 0.416 e. The van der Waals surface area contributed by atoms with Gasteiger partial charge in [-0.1, -0.05) is 18.2 Å². The first kappa shape index (κ1) is 15.9. The maximum atomic E-state index is 12.6. The van der Waals surface area contributed by atoms with Crippen molar-refractivity contribution in [3.05, 3.63) is 59.8 Å². The lowest BCUT2D eigenvalue weighted by Crippen LogP contribution is -2.07. The van der Waals surface area contributed by atoms with Crippen molar-refractivity contribution < 1.29 is 27.9 Å². The molecule has 3 rings (SSSR count). The van der Waals surface area contributed by atoms with E-state index in [0.29, 0.717) is 22.0 Å². The number of nitrogens with zero attached hydrogens (tertiary/aromatic N) is 1. The third-order valence-corrected chi connectivity index (χ3v) is 3.72. The van der Waals surface area contributed by atoms with Crippen molar-refractivity contribution >= 4 is 16.9 Å². The molecule has 0 radical (unpaired) electrons. The fourth-order valence-electron chi connectivity index (χ4n) is 2.48. The van der Waals surface area contributed by atoms with Gasteiger partial charge in [-0.3, -0.25) is 0 Å². The molecule has 24 heavy (non-hydrogen) atoms. The Kier molecular flexibility index (Phi) is 3.71. The Morgan fingerprint density at radius 2 is 1.67 bits per heavy atom. The van der Waals surface area contributed by atoms with E-state index in [1.54, 1.807) is 18.2 Å². The second kappa shape index (κ2) is 5.59. The normalized spacial score (nSPS) is 11.7. The molecule has 0 saturated heterocycles. The highest BCUT2D eigenvalue weighted by molar-refractivity contribution is 5.96. The minimum atomic E-state index is -4.38. The number of fused-ring (bicyclic) bond motifs is 1. The molecule has 7 heteroatoms. The van der Waals surface area contributed by atoms with Crippen molar-refractivity contribution in [3.8, 4) is 11.1 Å². The summed E-state index contributed by atoms with van der Waals surface area (Å²) in [7, 11) is 1.20. The Balaban J connectivity index is 2.03. The first-order valence-corrected chi connectivity index (χ1v) is 6.92. The van der Waals surface area contributed by atoms with Gasteiger partial charge in [-0.05, 0) is 41.5 Å². The molecule has 4 nitrogen and oxygen atoms in total. The second-order valence-corrected chi connectivity index (χ2v) is 5.18. The summed E-state index contributed by atoms with van der Waals surface area (Å²) in [6, 6.07) is 11.1. The van der Waals surface area contributed by atoms with E-state index < -0.39 is 17.7 Å². The van der Waals surface area contributed by atoms with E-state index in [4.69, 9.17) is 0 Å². The topological polar surface area (TPSA) is 51.5 Å². The van der Waals surface area contributed by atoms with Crippen LogP contribution >= 0.6 is 0 Å². The van der Waals surface area contributed by atoms with Gasteiger partial charge in [0, 0.05) is 5.39 Å². The van der Waals surface area contributed by atoms with Crippen molar-refractivity contribution in [3.63, 3.8) is 0 Å². The summed E-state index contributed by atoms with van der Waals surface area (Å²) in [5.74, 6) is -0.690. The average molecular weight is 335 g/mol. The van der Waals surface area contributed by atoms with Crippen LogP contribution in [0.15, 0.2) is 48.5 Å². The number of ether oxygens (including phenoxy) is 1. The third-order valence-electron chi connectivity index (χ3n) is 3.72. The number of halogens is 3. The van der Waals surface area contributed by atoms with Crippen LogP contribution in [-0.2, 0) is 10.9 Å². The molecule has 0 atom stereocenters. The fourth-order valence-corrected chi connectivity index (χ4v) is 2.48. The first-order chi connectivity index (χ1) is 11.3. The summed E-state index contributed by atoms with van der Waals surface area (Å²) in [5.41, 5.74) is 0.901. The number of alkyl halides is 3. The lowest BCUT2D eigenvalue weighted by atomic mass is 10.0. The van der Waals surface area contributed by atoms with E-state index >= 15 is 0 Å². The first-order valence-electron chi connectivity index (χ1n) is 6.92. The minimum absolute atomic E-state index is 0.0305. The van der Waals surface area contributed by atoms with Crippen LogP contribution in [0.2, 0.25) is 0 Å². The predicted molar refractivity (Wildman–Crippen MR) is 80.9 cm³/mol. The molecule has 0 bridgehead atoms. The predicted octanol–water partition coefficient (Wildman–Crippen LogP) is 4.35. The van der Waals surface area contributed by atoms with Gasteiger partial charge in [-0.15, -0.1) is 0 Å². The summed E-state index contributed by atoms with van der Waals surface area (Å²) in [4.78, 5) is 11.6. The van der Waals surface area contributed by atoms with Crippen LogP contribution in [0.25, 0.3) is 22.0 Å². The Labute approximate surface area is 134 Å². The Bertz CT molecular complexity index is 911. The number of methoxy groups -OCH3 is 1. The maximum Gasteiger partial charge on any atom is 0.416 e. The number of hydrogen-bond donors (Lipinski definition) is 1. The molecule has 0 aliphatic carbocycles. The quantitative estimate of drug-likeness (QED) is 0.559. The van der Waals surface area contributed by atoms with Crippen molar-refractivity contribution in [1.82, 2.24) is 4.73 Å². The molecule has 1 aromatic heterocycles. The van der Waals surface area contributed by atoms with E-state index in [-0.39, 0.29) is 5.69 Å². The summed E-state index contributed by atoms with van der Waals surface area (Å²) in [6.45, 7) is 0. The average Bonchev–Trinajstić information content (AvgIpc) is 2.90. The van der Waals surface area contributed by atoms with Crippen LogP contribution in [-0.4, -0.2) is 23.0 Å². The summed E-state index contributed by atoms with van der Waals surface area (Å²) < 4.78 is 43.1. The van der Waals surface area contributed by atoms with Gasteiger partial charge in [0.15, 0.2) is 5.69 Å². The third kappa shape index (κ3) is 2.68. The molecular formula is C17H12F3NO3. The minimum Gasteiger partial charge on any atom is -0.464 e. The van der Waals surface area contributed by atoms with Crippen molar-refractivity contribution in [2.75, 3.05) is 7.11 Å². The van der Waals surface area contributed by atoms with Gasteiger partial charge in [0.25, 0.3) is 0 Å². The Hall–Kier alpha value is -2.96. The lowest BCUT2D eigenvalue weighted by Gasteiger charge is -2.08. The van der Waals surface area contributed by atoms with Gasteiger partial charge in [-0.25, -0.2) is 4.79 Å². The molecule has 124 valence electrons. The van der Waals surface area contributed by atoms with E-state index in [9.17, 15) is 23.2 Å². The van der Waals surface area contributed by atoms with Crippen LogP contribution in [0.3, 0.4) is 0 Å². The van der Waals surface area contributed by atoms with E-state index in [0.717, 1.165) is 16.9 Å². The molecule has 0 unspecified atom stereocenters. The SMILES string of the molecule is COC(=O)c1cc2cc(-c3ccc(C(F)(F)F)cc3)ccc2n1O. The van der Waals surface area contributed by atoms with Gasteiger partial charge in [-0.2, -0.15) is 17.9 Å². The monoisotopic (exact) mass is 335 g/mol. The van der Waals surface area contributed by atoms with Crippen LogP contribution < -0.4 is 0 Å². The molecule has 0 saturated carbocycles. The van der Waals surface area contributed by atoms with Gasteiger partial charge in [0.05, 0.1) is 18.2 Å². The van der Waals surface area contributed by atoms with Crippen LogP contribution in [0.4, 0.5) is 13.2 Å². The number of aromatic nitrogens is 1. The molecule has 1 N–H and O–H groups in total. The zero-order valence-electron chi connectivity index (χ0n) is 12.5. The van der Waals surface area contributed by atoms with Gasteiger partial charge >= 0.3 is 12.1 Å². The van der Waals surface area contributed by atoms with Crippen molar-refractivity contribution in [2.24, 2.45) is 0 Å². The standard InChI is InChI=1S/C17H12F3NO3/c1-24-16(22)15-9-12-8-11(4-7-14(12)21(15)23)10-2-5-13(6-3-10)17(18,19)20/h2-9,23H,1H3. The summed E-state index contributed by atoms with van der Waals surface area (Å²) in [5, 5.41) is 10.5. The molecule has 3 aromatic rings. The van der Waals surface area contributed by atoms with Crippen LogP contribution in [0.5, 0.6) is 0 Å².